The highest BCUT2D eigenvalue weighted by atomic mass is 32.2. The molecule has 2 heterocycles. The third-order valence-corrected chi connectivity index (χ3v) is 4.94. The summed E-state index contributed by atoms with van der Waals surface area (Å²) >= 11 is 1.88. The van der Waals surface area contributed by atoms with Crippen molar-refractivity contribution in [2.75, 3.05) is 31.7 Å². The number of benzene rings is 1. The van der Waals surface area contributed by atoms with E-state index < -0.39 is 0 Å². The molecule has 1 saturated heterocycles. The number of hydrogen-bond acceptors (Lipinski definition) is 4. The summed E-state index contributed by atoms with van der Waals surface area (Å²) in [6.45, 7) is 1.55. The van der Waals surface area contributed by atoms with Crippen LogP contribution in [0.15, 0.2) is 48.7 Å². The van der Waals surface area contributed by atoms with Crippen molar-refractivity contribution in [3.63, 3.8) is 0 Å². The highest BCUT2D eigenvalue weighted by molar-refractivity contribution is 7.99. The number of aromatic nitrogens is 1. The van der Waals surface area contributed by atoms with Crippen molar-refractivity contribution in [1.29, 1.82) is 0 Å². The molecule has 1 fully saturated rings. The minimum atomic E-state index is -0.343. The van der Waals surface area contributed by atoms with E-state index in [1.807, 2.05) is 59.1 Å². The smallest absolute Gasteiger partial charge is 0.318 e. The molecule has 0 spiro atoms. The van der Waals surface area contributed by atoms with Crippen LogP contribution in [0.2, 0.25) is 0 Å². The van der Waals surface area contributed by atoms with E-state index >= 15 is 0 Å². The number of hydrogen-bond donors (Lipinski definition) is 1. The molecule has 5 nitrogen and oxygen atoms in total. The Kier molecular flexibility index (Phi) is 5.59. The lowest BCUT2D eigenvalue weighted by Gasteiger charge is -2.29. The van der Waals surface area contributed by atoms with Crippen molar-refractivity contribution >= 4 is 17.8 Å². The number of amides is 2. The molecule has 1 aliphatic rings. The topological polar surface area (TPSA) is 54.5 Å². The number of rotatable bonds is 4. The van der Waals surface area contributed by atoms with Crippen LogP contribution < -0.4 is 10.1 Å². The minimum absolute atomic E-state index is 0.0585. The average molecular weight is 343 g/mol. The molecular formula is C18H21N3O2S. The second kappa shape index (κ2) is 8.06. The average Bonchev–Trinajstić information content (AvgIpc) is 2.67. The maximum Gasteiger partial charge on any atom is 0.318 e. The van der Waals surface area contributed by atoms with Crippen LogP contribution in [0.4, 0.5) is 4.79 Å². The van der Waals surface area contributed by atoms with Gasteiger partial charge in [0.1, 0.15) is 11.8 Å². The van der Waals surface area contributed by atoms with Crippen molar-refractivity contribution < 1.29 is 9.53 Å². The second-order valence-corrected chi connectivity index (χ2v) is 6.70. The quantitative estimate of drug-likeness (QED) is 0.927. The Morgan fingerprint density at radius 3 is 2.67 bits per heavy atom. The minimum Gasteiger partial charge on any atom is -0.496 e. The fourth-order valence-electron chi connectivity index (χ4n) is 2.74. The van der Waals surface area contributed by atoms with E-state index in [1.54, 1.807) is 13.3 Å². The van der Waals surface area contributed by atoms with Gasteiger partial charge in [0.15, 0.2) is 0 Å². The fourth-order valence-corrected chi connectivity index (χ4v) is 3.65. The van der Waals surface area contributed by atoms with Crippen molar-refractivity contribution in [1.82, 2.24) is 15.2 Å². The van der Waals surface area contributed by atoms with E-state index in [2.05, 4.69) is 10.3 Å². The first-order chi connectivity index (χ1) is 11.8. The molecule has 24 heavy (non-hydrogen) atoms. The van der Waals surface area contributed by atoms with Gasteiger partial charge in [0.25, 0.3) is 0 Å². The van der Waals surface area contributed by atoms with Crippen LogP contribution in [0.25, 0.3) is 0 Å². The highest BCUT2D eigenvalue weighted by Gasteiger charge is 2.24. The summed E-state index contributed by atoms with van der Waals surface area (Å²) in [5.74, 6) is 2.70. The predicted octanol–water partition coefficient (Wildman–Crippen LogP) is 2.94. The van der Waals surface area contributed by atoms with Crippen molar-refractivity contribution in [3.05, 3.63) is 59.9 Å². The van der Waals surface area contributed by atoms with Gasteiger partial charge in [-0.1, -0.05) is 24.3 Å². The Bertz CT molecular complexity index is 675. The Labute approximate surface area is 146 Å². The number of thioether (sulfide) groups is 1. The van der Waals surface area contributed by atoms with Gasteiger partial charge < -0.3 is 15.0 Å². The molecule has 0 saturated carbocycles. The van der Waals surface area contributed by atoms with E-state index in [9.17, 15) is 4.79 Å². The molecule has 3 rings (SSSR count). The summed E-state index contributed by atoms with van der Waals surface area (Å²) in [4.78, 5) is 19.0. The summed E-state index contributed by atoms with van der Waals surface area (Å²) in [5.41, 5.74) is 1.69. The first-order valence-electron chi connectivity index (χ1n) is 7.96. The van der Waals surface area contributed by atoms with Crippen LogP contribution in [-0.4, -0.2) is 47.6 Å². The maximum absolute atomic E-state index is 12.7. The predicted molar refractivity (Wildman–Crippen MR) is 96.5 cm³/mol. The van der Waals surface area contributed by atoms with Crippen molar-refractivity contribution in [3.8, 4) is 5.75 Å². The highest BCUT2D eigenvalue weighted by Crippen LogP contribution is 2.29. The molecule has 1 aromatic carbocycles. The number of carbonyl (C=O) groups is 1. The van der Waals surface area contributed by atoms with E-state index in [0.717, 1.165) is 41.6 Å². The molecule has 2 amide bonds. The van der Waals surface area contributed by atoms with Gasteiger partial charge >= 0.3 is 6.03 Å². The van der Waals surface area contributed by atoms with E-state index in [0.29, 0.717) is 0 Å². The number of para-hydroxylation sites is 1. The van der Waals surface area contributed by atoms with Crippen LogP contribution in [0.3, 0.4) is 0 Å². The largest absolute Gasteiger partial charge is 0.496 e. The van der Waals surface area contributed by atoms with Gasteiger partial charge in [-0.15, -0.1) is 0 Å². The Hall–Kier alpha value is -2.21. The lowest BCUT2D eigenvalue weighted by molar-refractivity contribution is 0.200. The molecule has 0 unspecified atom stereocenters. The third kappa shape index (κ3) is 3.82. The first-order valence-corrected chi connectivity index (χ1v) is 9.12. The number of urea groups is 1. The number of nitrogens with zero attached hydrogens (tertiary/aromatic N) is 2. The van der Waals surface area contributed by atoms with Crippen LogP contribution >= 0.6 is 11.8 Å². The zero-order valence-electron chi connectivity index (χ0n) is 13.6. The molecule has 1 aliphatic heterocycles. The van der Waals surface area contributed by atoms with Gasteiger partial charge in [-0.25, -0.2) is 4.79 Å². The van der Waals surface area contributed by atoms with Gasteiger partial charge in [0.05, 0.1) is 12.8 Å². The summed E-state index contributed by atoms with van der Waals surface area (Å²) in [6.07, 6.45) is 1.74. The lowest BCUT2D eigenvalue weighted by Crippen LogP contribution is -2.45. The Morgan fingerprint density at radius 2 is 1.96 bits per heavy atom. The molecule has 0 bridgehead atoms. The maximum atomic E-state index is 12.7. The zero-order chi connectivity index (χ0) is 16.8. The number of ether oxygens (including phenoxy) is 1. The molecule has 126 valence electrons. The van der Waals surface area contributed by atoms with Gasteiger partial charge in [0.2, 0.25) is 0 Å². The first kappa shape index (κ1) is 16.6. The number of nitrogens with one attached hydrogen (secondary N) is 1. The lowest BCUT2D eigenvalue weighted by atomic mass is 10.0. The third-order valence-electron chi connectivity index (χ3n) is 4.00. The van der Waals surface area contributed by atoms with E-state index in [-0.39, 0.29) is 12.1 Å². The monoisotopic (exact) mass is 343 g/mol. The van der Waals surface area contributed by atoms with Crippen LogP contribution in [0.5, 0.6) is 5.75 Å². The van der Waals surface area contributed by atoms with Crippen LogP contribution in [0, 0.1) is 0 Å². The molecule has 1 N–H and O–H groups in total. The summed E-state index contributed by atoms with van der Waals surface area (Å²) in [6, 6.07) is 13.0. The molecular weight excluding hydrogens is 322 g/mol. The zero-order valence-corrected chi connectivity index (χ0v) is 14.5. The Morgan fingerprint density at radius 1 is 1.21 bits per heavy atom. The van der Waals surface area contributed by atoms with Gasteiger partial charge in [-0.2, -0.15) is 11.8 Å². The van der Waals surface area contributed by atoms with E-state index in [1.165, 1.54) is 0 Å². The van der Waals surface area contributed by atoms with E-state index in [4.69, 9.17) is 4.74 Å². The van der Waals surface area contributed by atoms with Gasteiger partial charge in [0, 0.05) is 36.4 Å². The summed E-state index contributed by atoms with van der Waals surface area (Å²) in [7, 11) is 1.64. The molecule has 0 aliphatic carbocycles. The standard InChI is InChI=1S/C18H21N3O2S/c1-23-16-8-3-2-6-14(16)17(15-7-4-5-9-19-15)20-18(22)21-10-12-24-13-11-21/h2-9,17H,10-13H2,1H3,(H,20,22)/t17-/m1/s1. The van der Waals surface area contributed by atoms with Crippen LogP contribution in [0.1, 0.15) is 17.3 Å². The van der Waals surface area contributed by atoms with Gasteiger partial charge in [-0.3, -0.25) is 4.98 Å². The number of pyridine rings is 1. The summed E-state index contributed by atoms with van der Waals surface area (Å²) < 4.78 is 5.48. The summed E-state index contributed by atoms with van der Waals surface area (Å²) in [5, 5.41) is 3.13. The van der Waals surface area contributed by atoms with Crippen molar-refractivity contribution in [2.45, 2.75) is 6.04 Å². The number of methoxy groups -OCH3 is 1. The fraction of sp³-hybridized carbons (Fsp3) is 0.333. The molecule has 0 radical (unpaired) electrons. The SMILES string of the molecule is COc1ccccc1[C@@H](NC(=O)N1CCSCC1)c1ccccn1. The van der Waals surface area contributed by atoms with Crippen molar-refractivity contribution in [2.24, 2.45) is 0 Å². The second-order valence-electron chi connectivity index (χ2n) is 5.48. The molecule has 6 heteroatoms. The normalized spacial score (nSPS) is 15.6. The van der Waals surface area contributed by atoms with Gasteiger partial charge in [-0.05, 0) is 18.2 Å². The molecule has 2 aromatic rings. The Balaban J connectivity index is 1.89. The number of carbonyl (C=O) groups excluding carboxylic acids is 1. The van der Waals surface area contributed by atoms with Crippen LogP contribution in [-0.2, 0) is 0 Å². The molecule has 1 atom stereocenters. The molecule has 1 aromatic heterocycles.